The SMILES string of the molecule is NC(=NCc1ccc2c(c1)OCO2)c1ccccc1. The monoisotopic (exact) mass is 254 g/mol. The lowest BCUT2D eigenvalue weighted by Gasteiger charge is -2.02. The lowest BCUT2D eigenvalue weighted by atomic mass is 10.2. The van der Waals surface area contributed by atoms with E-state index in [2.05, 4.69) is 4.99 Å². The molecule has 0 bridgehead atoms. The maximum Gasteiger partial charge on any atom is 0.231 e. The molecule has 2 N–H and O–H groups in total. The molecule has 0 aromatic heterocycles. The topological polar surface area (TPSA) is 56.8 Å². The summed E-state index contributed by atoms with van der Waals surface area (Å²) >= 11 is 0. The van der Waals surface area contributed by atoms with E-state index in [9.17, 15) is 0 Å². The Bertz CT molecular complexity index is 609. The van der Waals surface area contributed by atoms with Gasteiger partial charge < -0.3 is 15.2 Å². The van der Waals surface area contributed by atoms with Gasteiger partial charge in [0.1, 0.15) is 5.84 Å². The predicted octanol–water partition coefficient (Wildman–Crippen LogP) is 2.32. The van der Waals surface area contributed by atoms with E-state index in [1.54, 1.807) is 0 Å². The van der Waals surface area contributed by atoms with Crippen LogP contribution in [0.15, 0.2) is 53.5 Å². The molecule has 1 heterocycles. The molecule has 4 nitrogen and oxygen atoms in total. The number of nitrogens with zero attached hydrogens (tertiary/aromatic N) is 1. The molecule has 0 fully saturated rings. The van der Waals surface area contributed by atoms with E-state index < -0.39 is 0 Å². The lowest BCUT2D eigenvalue weighted by molar-refractivity contribution is 0.174. The maximum absolute atomic E-state index is 5.95. The molecule has 0 saturated carbocycles. The summed E-state index contributed by atoms with van der Waals surface area (Å²) in [5.41, 5.74) is 7.93. The highest BCUT2D eigenvalue weighted by Gasteiger charge is 2.12. The fraction of sp³-hybridized carbons (Fsp3) is 0.133. The molecule has 1 aliphatic rings. The van der Waals surface area contributed by atoms with Gasteiger partial charge in [-0.15, -0.1) is 0 Å². The number of ether oxygens (including phenoxy) is 2. The van der Waals surface area contributed by atoms with Gasteiger partial charge in [0.2, 0.25) is 6.79 Å². The van der Waals surface area contributed by atoms with Crippen molar-refractivity contribution in [2.75, 3.05) is 6.79 Å². The zero-order chi connectivity index (χ0) is 13.1. The normalized spacial score (nSPS) is 13.6. The minimum Gasteiger partial charge on any atom is -0.454 e. The van der Waals surface area contributed by atoms with Gasteiger partial charge in [0.25, 0.3) is 0 Å². The van der Waals surface area contributed by atoms with Gasteiger partial charge in [0.05, 0.1) is 6.54 Å². The van der Waals surface area contributed by atoms with Crippen molar-refractivity contribution in [1.82, 2.24) is 0 Å². The summed E-state index contributed by atoms with van der Waals surface area (Å²) in [6.07, 6.45) is 0. The van der Waals surface area contributed by atoms with Crippen molar-refractivity contribution in [3.05, 3.63) is 59.7 Å². The van der Waals surface area contributed by atoms with E-state index in [0.29, 0.717) is 12.4 Å². The molecule has 2 aromatic carbocycles. The third-order valence-electron chi connectivity index (χ3n) is 2.94. The minimum absolute atomic E-state index is 0.286. The molecular formula is C15H14N2O2. The highest BCUT2D eigenvalue weighted by molar-refractivity contribution is 5.97. The van der Waals surface area contributed by atoms with E-state index >= 15 is 0 Å². The van der Waals surface area contributed by atoms with Gasteiger partial charge in [-0.2, -0.15) is 0 Å². The summed E-state index contributed by atoms with van der Waals surface area (Å²) in [7, 11) is 0. The van der Waals surface area contributed by atoms with Gasteiger partial charge in [-0.25, -0.2) is 0 Å². The molecule has 4 heteroatoms. The first kappa shape index (κ1) is 11.6. The standard InChI is InChI=1S/C15H14N2O2/c16-15(12-4-2-1-3-5-12)17-9-11-6-7-13-14(8-11)19-10-18-13/h1-8H,9-10H2,(H2,16,17). The predicted molar refractivity (Wildman–Crippen MR) is 73.4 cm³/mol. The van der Waals surface area contributed by atoms with E-state index in [4.69, 9.17) is 15.2 Å². The molecule has 3 rings (SSSR count). The summed E-state index contributed by atoms with van der Waals surface area (Å²) < 4.78 is 10.6. The fourth-order valence-electron chi connectivity index (χ4n) is 1.92. The molecule has 96 valence electrons. The van der Waals surface area contributed by atoms with Crippen molar-refractivity contribution in [2.45, 2.75) is 6.54 Å². The second kappa shape index (κ2) is 5.02. The fourth-order valence-corrected chi connectivity index (χ4v) is 1.92. The van der Waals surface area contributed by atoms with Crippen molar-refractivity contribution >= 4 is 5.84 Å². The van der Waals surface area contributed by atoms with Crippen LogP contribution in [0.5, 0.6) is 11.5 Å². The largest absolute Gasteiger partial charge is 0.454 e. The Morgan fingerprint density at radius 1 is 1.05 bits per heavy atom. The molecule has 0 aliphatic carbocycles. The summed E-state index contributed by atoms with van der Waals surface area (Å²) in [5.74, 6) is 2.09. The van der Waals surface area contributed by atoms with E-state index in [-0.39, 0.29) is 6.79 Å². The zero-order valence-electron chi connectivity index (χ0n) is 10.4. The Morgan fingerprint density at radius 3 is 2.68 bits per heavy atom. The number of benzene rings is 2. The van der Waals surface area contributed by atoms with Gasteiger partial charge in [-0.05, 0) is 17.7 Å². The van der Waals surface area contributed by atoms with Crippen molar-refractivity contribution in [1.29, 1.82) is 0 Å². The number of hydrogen-bond acceptors (Lipinski definition) is 3. The average Bonchev–Trinajstić information content (AvgIpc) is 2.93. The summed E-state index contributed by atoms with van der Waals surface area (Å²) in [6, 6.07) is 15.5. The zero-order valence-corrected chi connectivity index (χ0v) is 10.4. The Morgan fingerprint density at radius 2 is 1.84 bits per heavy atom. The number of nitrogens with two attached hydrogens (primary N) is 1. The van der Waals surface area contributed by atoms with Crippen molar-refractivity contribution < 1.29 is 9.47 Å². The van der Waals surface area contributed by atoms with Crippen LogP contribution >= 0.6 is 0 Å². The number of hydrogen-bond donors (Lipinski definition) is 1. The Hall–Kier alpha value is -2.49. The van der Waals surface area contributed by atoms with Gasteiger partial charge in [0, 0.05) is 5.56 Å². The molecule has 19 heavy (non-hydrogen) atoms. The van der Waals surface area contributed by atoms with E-state index in [1.165, 1.54) is 0 Å². The number of amidine groups is 1. The van der Waals surface area contributed by atoms with Gasteiger partial charge >= 0.3 is 0 Å². The Balaban J connectivity index is 1.75. The van der Waals surface area contributed by atoms with Crippen LogP contribution in [0.25, 0.3) is 0 Å². The van der Waals surface area contributed by atoms with E-state index in [1.807, 2.05) is 48.5 Å². The molecule has 0 atom stereocenters. The highest BCUT2D eigenvalue weighted by atomic mass is 16.7. The van der Waals surface area contributed by atoms with Gasteiger partial charge in [0.15, 0.2) is 11.5 Å². The van der Waals surface area contributed by atoms with Crippen LogP contribution in [0.2, 0.25) is 0 Å². The molecule has 0 saturated heterocycles. The second-order valence-corrected chi connectivity index (χ2v) is 4.26. The molecule has 1 aliphatic heterocycles. The van der Waals surface area contributed by atoms with Crippen LogP contribution in [-0.4, -0.2) is 12.6 Å². The molecule has 0 spiro atoms. The first-order valence-corrected chi connectivity index (χ1v) is 6.07. The van der Waals surface area contributed by atoms with E-state index in [0.717, 1.165) is 22.6 Å². The Labute approximate surface area is 111 Å². The van der Waals surface area contributed by atoms with Crippen LogP contribution in [0.3, 0.4) is 0 Å². The van der Waals surface area contributed by atoms with Crippen LogP contribution in [0, 0.1) is 0 Å². The lowest BCUT2D eigenvalue weighted by Crippen LogP contribution is -2.13. The first-order valence-electron chi connectivity index (χ1n) is 6.07. The van der Waals surface area contributed by atoms with Crippen LogP contribution in [-0.2, 0) is 6.54 Å². The summed E-state index contributed by atoms with van der Waals surface area (Å²) in [6.45, 7) is 0.811. The number of fused-ring (bicyclic) bond motifs is 1. The summed E-state index contributed by atoms with van der Waals surface area (Å²) in [4.78, 5) is 4.39. The second-order valence-electron chi connectivity index (χ2n) is 4.26. The molecular weight excluding hydrogens is 240 g/mol. The smallest absolute Gasteiger partial charge is 0.231 e. The molecule has 0 amide bonds. The number of rotatable bonds is 3. The molecule has 0 unspecified atom stereocenters. The highest BCUT2D eigenvalue weighted by Crippen LogP contribution is 2.32. The van der Waals surface area contributed by atoms with Gasteiger partial charge in [-0.3, -0.25) is 4.99 Å². The van der Waals surface area contributed by atoms with Gasteiger partial charge in [-0.1, -0.05) is 36.4 Å². The van der Waals surface area contributed by atoms with Crippen LogP contribution in [0.1, 0.15) is 11.1 Å². The van der Waals surface area contributed by atoms with Crippen molar-refractivity contribution in [3.8, 4) is 11.5 Å². The van der Waals surface area contributed by atoms with Crippen LogP contribution < -0.4 is 15.2 Å². The Kier molecular flexibility index (Phi) is 3.06. The van der Waals surface area contributed by atoms with Crippen molar-refractivity contribution in [2.24, 2.45) is 10.7 Å². The third-order valence-corrected chi connectivity index (χ3v) is 2.94. The molecule has 2 aromatic rings. The first-order chi connectivity index (χ1) is 9.33. The quantitative estimate of drug-likeness (QED) is 0.675. The van der Waals surface area contributed by atoms with Crippen molar-refractivity contribution in [3.63, 3.8) is 0 Å². The maximum atomic E-state index is 5.95. The average molecular weight is 254 g/mol. The summed E-state index contributed by atoms with van der Waals surface area (Å²) in [5, 5.41) is 0. The van der Waals surface area contributed by atoms with Crippen LogP contribution in [0.4, 0.5) is 0 Å². The third kappa shape index (κ3) is 2.52. The number of aliphatic imine (C=N–C) groups is 1. The molecule has 0 radical (unpaired) electrons. The minimum atomic E-state index is 0.286.